The van der Waals surface area contributed by atoms with Crippen LogP contribution in [-0.4, -0.2) is 62.6 Å². The number of carbonyl (C=O) groups excluding carboxylic acids is 1. The highest BCUT2D eigenvalue weighted by Gasteiger charge is 2.31. The van der Waals surface area contributed by atoms with Crippen LogP contribution >= 0.6 is 23.2 Å². The summed E-state index contributed by atoms with van der Waals surface area (Å²) >= 11 is 12.1. The van der Waals surface area contributed by atoms with Gasteiger partial charge in [-0.15, -0.1) is 0 Å². The van der Waals surface area contributed by atoms with Crippen LogP contribution in [0.5, 0.6) is 5.75 Å². The van der Waals surface area contributed by atoms with Gasteiger partial charge in [0.15, 0.2) is 0 Å². The van der Waals surface area contributed by atoms with Crippen molar-refractivity contribution in [2.45, 2.75) is 42.7 Å². The summed E-state index contributed by atoms with van der Waals surface area (Å²) < 4.78 is 34.0. The molecule has 7 nitrogen and oxygen atoms in total. The molecule has 2 fully saturated rings. The first-order chi connectivity index (χ1) is 17.8. The Bertz CT molecular complexity index is 1390. The molecule has 3 aromatic carbocycles. The average molecular weight is 563 g/mol. The minimum atomic E-state index is -3.95. The normalized spacial score (nSPS) is 18.2. The SMILES string of the molecule is O=C(NS(=O)(=O)c1ccc2ccccc2c1)N1CCC(N2CCC(Oc3ccc(Cl)c(Cl)c3)CC2)CC1. The molecule has 2 heterocycles. The number of carbonyl (C=O) groups is 1. The van der Waals surface area contributed by atoms with Gasteiger partial charge in [-0.05, 0) is 60.7 Å². The summed E-state index contributed by atoms with van der Waals surface area (Å²) in [6.45, 7) is 2.87. The van der Waals surface area contributed by atoms with Gasteiger partial charge in [-0.1, -0.05) is 53.5 Å². The highest BCUT2D eigenvalue weighted by Crippen LogP contribution is 2.29. The van der Waals surface area contributed by atoms with E-state index in [1.54, 1.807) is 29.2 Å². The maximum Gasteiger partial charge on any atom is 0.331 e. The van der Waals surface area contributed by atoms with Crippen molar-refractivity contribution in [3.63, 3.8) is 0 Å². The molecule has 0 aromatic heterocycles. The van der Waals surface area contributed by atoms with Crippen molar-refractivity contribution < 1.29 is 17.9 Å². The van der Waals surface area contributed by atoms with Gasteiger partial charge in [0.05, 0.1) is 14.9 Å². The predicted molar refractivity (Wildman–Crippen MR) is 146 cm³/mol. The van der Waals surface area contributed by atoms with Crippen LogP contribution < -0.4 is 9.46 Å². The molecule has 2 aliphatic rings. The van der Waals surface area contributed by atoms with Gasteiger partial charge in [-0.2, -0.15) is 0 Å². The Morgan fingerprint density at radius 1 is 0.838 bits per heavy atom. The van der Waals surface area contributed by atoms with Gasteiger partial charge >= 0.3 is 6.03 Å². The van der Waals surface area contributed by atoms with E-state index in [9.17, 15) is 13.2 Å². The Morgan fingerprint density at radius 2 is 1.54 bits per heavy atom. The van der Waals surface area contributed by atoms with Crippen molar-refractivity contribution in [2.24, 2.45) is 0 Å². The lowest BCUT2D eigenvalue weighted by atomic mass is 9.99. The van der Waals surface area contributed by atoms with Gasteiger partial charge in [0.2, 0.25) is 0 Å². The summed E-state index contributed by atoms with van der Waals surface area (Å²) in [7, 11) is -3.95. The lowest BCUT2D eigenvalue weighted by Gasteiger charge is -2.41. The number of sulfonamides is 1. The second-order valence-electron chi connectivity index (χ2n) is 9.57. The highest BCUT2D eigenvalue weighted by molar-refractivity contribution is 7.90. The van der Waals surface area contributed by atoms with E-state index in [0.29, 0.717) is 29.2 Å². The van der Waals surface area contributed by atoms with Gasteiger partial charge in [0, 0.05) is 38.3 Å². The molecular formula is C27H29Cl2N3O4S. The summed E-state index contributed by atoms with van der Waals surface area (Å²) in [4.78, 5) is 16.9. The summed E-state index contributed by atoms with van der Waals surface area (Å²) in [5.74, 6) is 0.728. The Balaban J connectivity index is 1.10. The zero-order valence-corrected chi connectivity index (χ0v) is 22.6. The molecule has 0 bridgehead atoms. The van der Waals surface area contributed by atoms with Crippen molar-refractivity contribution in [1.29, 1.82) is 0 Å². The molecule has 3 aromatic rings. The van der Waals surface area contributed by atoms with Crippen LogP contribution in [0.4, 0.5) is 4.79 Å². The number of hydrogen-bond donors (Lipinski definition) is 1. The second-order valence-corrected chi connectivity index (χ2v) is 12.1. The minimum Gasteiger partial charge on any atom is -0.490 e. The number of nitrogens with zero attached hydrogens (tertiary/aromatic N) is 2. The summed E-state index contributed by atoms with van der Waals surface area (Å²) in [5, 5.41) is 2.75. The molecule has 2 saturated heterocycles. The topological polar surface area (TPSA) is 79.0 Å². The third-order valence-corrected chi connectivity index (χ3v) is 9.25. The van der Waals surface area contributed by atoms with Crippen molar-refractivity contribution in [3.05, 3.63) is 70.7 Å². The first kappa shape index (κ1) is 26.1. The van der Waals surface area contributed by atoms with Gasteiger partial charge < -0.3 is 9.64 Å². The number of nitrogens with one attached hydrogen (secondary N) is 1. The van der Waals surface area contributed by atoms with Gasteiger partial charge in [0.25, 0.3) is 10.0 Å². The van der Waals surface area contributed by atoms with Crippen molar-refractivity contribution in [3.8, 4) is 5.75 Å². The Kier molecular flexibility index (Phi) is 7.81. The molecule has 0 aliphatic carbocycles. The molecule has 2 aliphatic heterocycles. The summed E-state index contributed by atoms with van der Waals surface area (Å²) in [6.07, 6.45) is 3.55. The molecule has 0 spiro atoms. The second kappa shape index (κ2) is 11.1. The largest absolute Gasteiger partial charge is 0.490 e. The summed E-state index contributed by atoms with van der Waals surface area (Å²) in [5.41, 5.74) is 0. The minimum absolute atomic E-state index is 0.0837. The number of benzene rings is 3. The number of rotatable bonds is 5. The van der Waals surface area contributed by atoms with Crippen molar-refractivity contribution >= 4 is 50.0 Å². The maximum absolute atomic E-state index is 12.8. The third-order valence-electron chi connectivity index (χ3n) is 7.19. The fourth-order valence-corrected chi connectivity index (χ4v) is 6.40. The first-order valence-electron chi connectivity index (χ1n) is 12.4. The van der Waals surface area contributed by atoms with E-state index in [4.69, 9.17) is 27.9 Å². The first-order valence-corrected chi connectivity index (χ1v) is 14.7. The van der Waals surface area contributed by atoms with Crippen LogP contribution in [0, 0.1) is 0 Å². The number of urea groups is 1. The van der Waals surface area contributed by atoms with Crippen molar-refractivity contribution in [2.75, 3.05) is 26.2 Å². The van der Waals surface area contributed by atoms with E-state index in [-0.39, 0.29) is 11.0 Å². The number of fused-ring (bicyclic) bond motifs is 1. The van der Waals surface area contributed by atoms with E-state index in [0.717, 1.165) is 55.3 Å². The monoisotopic (exact) mass is 561 g/mol. The molecule has 2 amide bonds. The summed E-state index contributed by atoms with van der Waals surface area (Å²) in [6, 6.07) is 17.5. The van der Waals surface area contributed by atoms with Crippen molar-refractivity contribution in [1.82, 2.24) is 14.5 Å². The van der Waals surface area contributed by atoms with E-state index < -0.39 is 16.1 Å². The fourth-order valence-electron chi connectivity index (χ4n) is 5.11. The Labute approximate surface area is 227 Å². The van der Waals surface area contributed by atoms with Crippen LogP contribution in [-0.2, 0) is 10.0 Å². The van der Waals surface area contributed by atoms with E-state index >= 15 is 0 Å². The molecule has 0 atom stereocenters. The van der Waals surface area contributed by atoms with Crippen LogP contribution in [0.3, 0.4) is 0 Å². The number of ether oxygens (including phenoxy) is 1. The third kappa shape index (κ3) is 6.14. The lowest BCUT2D eigenvalue weighted by Crippen LogP contribution is -2.52. The van der Waals surface area contributed by atoms with Crippen LogP contribution in [0.2, 0.25) is 10.0 Å². The molecule has 196 valence electrons. The molecule has 0 radical (unpaired) electrons. The standard InChI is InChI=1S/C27H29Cl2N3O4S/c28-25-8-6-23(18-26(25)29)36-22-11-15-31(16-12-22)21-9-13-32(14-10-21)27(33)30-37(34,35)24-7-5-19-3-1-2-4-20(19)17-24/h1-8,17-18,21-22H,9-16H2,(H,30,33). The van der Waals surface area contributed by atoms with E-state index in [1.165, 1.54) is 6.07 Å². The van der Waals surface area contributed by atoms with Gasteiger partial charge in [-0.3, -0.25) is 4.90 Å². The smallest absolute Gasteiger partial charge is 0.331 e. The van der Waals surface area contributed by atoms with Gasteiger partial charge in [-0.25, -0.2) is 17.9 Å². The Hall–Kier alpha value is -2.52. The molecule has 0 unspecified atom stereocenters. The predicted octanol–water partition coefficient (Wildman–Crippen LogP) is 5.55. The molecule has 10 heteroatoms. The zero-order valence-electron chi connectivity index (χ0n) is 20.3. The van der Waals surface area contributed by atoms with Crippen LogP contribution in [0.1, 0.15) is 25.7 Å². The number of halogens is 2. The molecule has 0 saturated carbocycles. The van der Waals surface area contributed by atoms with E-state index in [1.807, 2.05) is 30.3 Å². The molecule has 5 rings (SSSR count). The fraction of sp³-hybridized carbons (Fsp3) is 0.370. The van der Waals surface area contributed by atoms with Gasteiger partial charge in [0.1, 0.15) is 11.9 Å². The lowest BCUT2D eigenvalue weighted by molar-refractivity contribution is 0.0540. The molecule has 37 heavy (non-hydrogen) atoms. The Morgan fingerprint density at radius 3 is 2.24 bits per heavy atom. The quantitative estimate of drug-likeness (QED) is 0.441. The number of hydrogen-bond acceptors (Lipinski definition) is 5. The van der Waals surface area contributed by atoms with E-state index in [2.05, 4.69) is 9.62 Å². The number of piperidine rings is 2. The molecule has 1 N–H and O–H groups in total. The zero-order chi connectivity index (χ0) is 26.0. The maximum atomic E-state index is 12.8. The average Bonchev–Trinajstić information content (AvgIpc) is 2.91. The van der Waals surface area contributed by atoms with Crippen LogP contribution in [0.15, 0.2) is 65.6 Å². The molecular weight excluding hydrogens is 533 g/mol. The van der Waals surface area contributed by atoms with Crippen LogP contribution in [0.25, 0.3) is 10.8 Å². The number of amides is 2. The highest BCUT2D eigenvalue weighted by atomic mass is 35.5. The number of likely N-dealkylation sites (tertiary alicyclic amines) is 2.